The van der Waals surface area contributed by atoms with Crippen LogP contribution in [-0.2, 0) is 6.54 Å². The molecule has 3 rings (SSSR count). The number of aromatic nitrogens is 1. The second-order valence-corrected chi connectivity index (χ2v) is 6.96. The van der Waals surface area contributed by atoms with Gasteiger partial charge in [-0.15, -0.1) is 0 Å². The Labute approximate surface area is 170 Å². The lowest BCUT2D eigenvalue weighted by Crippen LogP contribution is -2.44. The summed E-state index contributed by atoms with van der Waals surface area (Å²) in [6.45, 7) is 2.41. The Hall–Kier alpha value is -2.67. The van der Waals surface area contributed by atoms with Crippen molar-refractivity contribution in [3.63, 3.8) is 0 Å². The molecule has 1 aromatic carbocycles. The van der Waals surface area contributed by atoms with E-state index in [0.717, 1.165) is 42.5 Å². The first-order chi connectivity index (χ1) is 13.6. The van der Waals surface area contributed by atoms with Crippen LogP contribution in [0.15, 0.2) is 41.5 Å². The highest BCUT2D eigenvalue weighted by Crippen LogP contribution is 2.33. The molecule has 28 heavy (non-hydrogen) atoms. The lowest BCUT2D eigenvalue weighted by molar-refractivity contribution is 0.397. The average Bonchev–Trinajstić information content (AvgIpc) is 3.19. The summed E-state index contributed by atoms with van der Waals surface area (Å²) >= 11 is 6.17. The molecule has 1 aliphatic rings. The van der Waals surface area contributed by atoms with Crippen molar-refractivity contribution >= 4 is 23.2 Å². The molecule has 2 aromatic rings. The molecule has 1 aromatic heterocycles. The molecule has 1 aliphatic heterocycles. The van der Waals surface area contributed by atoms with Crippen LogP contribution in [0.1, 0.15) is 12.0 Å². The lowest BCUT2D eigenvalue weighted by atomic mass is 10.2. The molecule has 0 radical (unpaired) electrons. The number of hydrogen-bond donors (Lipinski definition) is 2. The zero-order valence-electron chi connectivity index (χ0n) is 16.4. The van der Waals surface area contributed by atoms with E-state index in [1.54, 1.807) is 27.5 Å². The maximum atomic E-state index is 6.17. The van der Waals surface area contributed by atoms with E-state index in [-0.39, 0.29) is 6.04 Å². The molecule has 1 unspecified atom stereocenters. The highest BCUT2D eigenvalue weighted by molar-refractivity contribution is 6.30. The number of benzene rings is 1. The van der Waals surface area contributed by atoms with Crippen LogP contribution in [0.3, 0.4) is 0 Å². The number of anilines is 1. The van der Waals surface area contributed by atoms with Crippen LogP contribution in [0, 0.1) is 0 Å². The van der Waals surface area contributed by atoms with Gasteiger partial charge in [0.25, 0.3) is 0 Å². The minimum absolute atomic E-state index is 0.281. The van der Waals surface area contributed by atoms with Gasteiger partial charge in [-0.3, -0.25) is 4.99 Å². The zero-order valence-corrected chi connectivity index (χ0v) is 17.2. The summed E-state index contributed by atoms with van der Waals surface area (Å²) in [5, 5.41) is 7.52. The van der Waals surface area contributed by atoms with Crippen molar-refractivity contribution in [3.8, 4) is 11.6 Å². The van der Waals surface area contributed by atoms with Crippen LogP contribution in [0.2, 0.25) is 5.02 Å². The number of methoxy groups -OCH3 is 2. The Morgan fingerprint density at radius 1 is 1.29 bits per heavy atom. The summed E-state index contributed by atoms with van der Waals surface area (Å²) < 4.78 is 10.6. The molecular formula is C20H26ClN5O2. The zero-order chi connectivity index (χ0) is 19.9. The van der Waals surface area contributed by atoms with Crippen molar-refractivity contribution in [1.82, 2.24) is 15.6 Å². The molecule has 1 saturated heterocycles. The van der Waals surface area contributed by atoms with E-state index in [1.165, 1.54) is 0 Å². The SMILES string of the molecule is CN=C(NCc1ccc(OC)nc1)NC1CCN(c2cc(Cl)ccc2OC)C1. The van der Waals surface area contributed by atoms with Crippen LogP contribution in [0.5, 0.6) is 11.6 Å². The number of nitrogens with zero attached hydrogens (tertiary/aromatic N) is 3. The van der Waals surface area contributed by atoms with E-state index < -0.39 is 0 Å². The second kappa shape index (κ2) is 9.50. The fourth-order valence-electron chi connectivity index (χ4n) is 3.22. The molecule has 2 heterocycles. The fraction of sp³-hybridized carbons (Fsp3) is 0.400. The number of ether oxygens (including phenoxy) is 2. The summed E-state index contributed by atoms with van der Waals surface area (Å²) in [5.41, 5.74) is 2.08. The van der Waals surface area contributed by atoms with E-state index in [4.69, 9.17) is 21.1 Å². The van der Waals surface area contributed by atoms with Crippen LogP contribution in [-0.4, -0.2) is 51.3 Å². The van der Waals surface area contributed by atoms with Gasteiger partial charge in [0.05, 0.1) is 19.9 Å². The van der Waals surface area contributed by atoms with Gasteiger partial charge in [0, 0.05) is 50.0 Å². The smallest absolute Gasteiger partial charge is 0.212 e. The van der Waals surface area contributed by atoms with E-state index in [2.05, 4.69) is 25.5 Å². The fourth-order valence-corrected chi connectivity index (χ4v) is 3.38. The lowest BCUT2D eigenvalue weighted by Gasteiger charge is -2.22. The normalized spacial score (nSPS) is 16.8. The monoisotopic (exact) mass is 403 g/mol. The number of nitrogens with one attached hydrogen (secondary N) is 2. The first kappa shape index (κ1) is 20.1. The summed E-state index contributed by atoms with van der Waals surface area (Å²) in [5.74, 6) is 2.20. The third-order valence-electron chi connectivity index (χ3n) is 4.70. The van der Waals surface area contributed by atoms with Gasteiger partial charge in [0.15, 0.2) is 5.96 Å². The van der Waals surface area contributed by atoms with Crippen molar-refractivity contribution in [2.75, 3.05) is 39.3 Å². The molecule has 0 bridgehead atoms. The Morgan fingerprint density at radius 3 is 2.82 bits per heavy atom. The van der Waals surface area contributed by atoms with Gasteiger partial charge in [-0.1, -0.05) is 17.7 Å². The van der Waals surface area contributed by atoms with Crippen molar-refractivity contribution in [3.05, 3.63) is 47.1 Å². The van der Waals surface area contributed by atoms with Crippen LogP contribution >= 0.6 is 11.6 Å². The molecule has 150 valence electrons. The number of aliphatic imine (C=N–C) groups is 1. The third kappa shape index (κ3) is 4.98. The second-order valence-electron chi connectivity index (χ2n) is 6.53. The van der Waals surface area contributed by atoms with Gasteiger partial charge in [0.1, 0.15) is 5.75 Å². The minimum Gasteiger partial charge on any atom is -0.495 e. The molecule has 7 nitrogen and oxygen atoms in total. The highest BCUT2D eigenvalue weighted by atomic mass is 35.5. The maximum Gasteiger partial charge on any atom is 0.212 e. The van der Waals surface area contributed by atoms with Gasteiger partial charge in [0.2, 0.25) is 5.88 Å². The average molecular weight is 404 g/mol. The third-order valence-corrected chi connectivity index (χ3v) is 4.94. The van der Waals surface area contributed by atoms with E-state index in [1.807, 2.05) is 30.3 Å². The van der Waals surface area contributed by atoms with Gasteiger partial charge >= 0.3 is 0 Å². The predicted octanol–water partition coefficient (Wildman–Crippen LogP) is 2.70. The van der Waals surface area contributed by atoms with Gasteiger partial charge < -0.3 is 25.0 Å². The molecule has 0 amide bonds. The predicted molar refractivity (Wildman–Crippen MR) is 113 cm³/mol. The summed E-state index contributed by atoms with van der Waals surface area (Å²) in [6, 6.07) is 9.81. The molecule has 1 atom stereocenters. The summed E-state index contributed by atoms with van der Waals surface area (Å²) in [4.78, 5) is 10.8. The first-order valence-corrected chi connectivity index (χ1v) is 9.55. The number of halogens is 1. The Morgan fingerprint density at radius 2 is 2.14 bits per heavy atom. The van der Waals surface area contributed by atoms with E-state index >= 15 is 0 Å². The first-order valence-electron chi connectivity index (χ1n) is 9.17. The Balaban J connectivity index is 1.55. The van der Waals surface area contributed by atoms with E-state index in [9.17, 15) is 0 Å². The van der Waals surface area contributed by atoms with Crippen molar-refractivity contribution in [2.45, 2.75) is 19.0 Å². The van der Waals surface area contributed by atoms with Gasteiger partial charge in [-0.2, -0.15) is 0 Å². The molecule has 0 saturated carbocycles. The molecule has 1 fully saturated rings. The maximum absolute atomic E-state index is 6.17. The summed E-state index contributed by atoms with van der Waals surface area (Å²) in [7, 11) is 5.06. The van der Waals surface area contributed by atoms with Crippen LogP contribution < -0.4 is 25.0 Å². The van der Waals surface area contributed by atoms with Crippen LogP contribution in [0.4, 0.5) is 5.69 Å². The van der Waals surface area contributed by atoms with Gasteiger partial charge in [-0.05, 0) is 30.2 Å². The molecule has 8 heteroatoms. The van der Waals surface area contributed by atoms with Crippen molar-refractivity contribution < 1.29 is 9.47 Å². The standard InChI is InChI=1S/C20H26ClN5O2/c1-22-20(24-12-14-4-7-19(28-3)23-11-14)25-16-8-9-26(13-16)17-10-15(21)5-6-18(17)27-2/h4-7,10-11,16H,8-9,12-13H2,1-3H3,(H2,22,24,25). The van der Waals surface area contributed by atoms with Crippen molar-refractivity contribution in [2.24, 2.45) is 4.99 Å². The van der Waals surface area contributed by atoms with E-state index in [0.29, 0.717) is 17.4 Å². The molecule has 0 spiro atoms. The summed E-state index contributed by atoms with van der Waals surface area (Å²) in [6.07, 6.45) is 2.79. The number of pyridine rings is 1. The van der Waals surface area contributed by atoms with Gasteiger partial charge in [-0.25, -0.2) is 4.98 Å². The molecule has 0 aliphatic carbocycles. The van der Waals surface area contributed by atoms with Crippen LogP contribution in [0.25, 0.3) is 0 Å². The van der Waals surface area contributed by atoms with Crippen molar-refractivity contribution in [1.29, 1.82) is 0 Å². The quantitative estimate of drug-likeness (QED) is 0.570. The number of rotatable bonds is 6. The number of guanidine groups is 1. The topological polar surface area (TPSA) is 71.0 Å². The Kier molecular flexibility index (Phi) is 6.81. The minimum atomic E-state index is 0.281. The largest absolute Gasteiger partial charge is 0.495 e. The number of hydrogen-bond acceptors (Lipinski definition) is 5. The molecule has 2 N–H and O–H groups in total. The highest BCUT2D eigenvalue weighted by Gasteiger charge is 2.25. The Bertz CT molecular complexity index is 813. The molecular weight excluding hydrogens is 378 g/mol.